The van der Waals surface area contributed by atoms with Crippen LogP contribution < -0.4 is 0 Å². The summed E-state index contributed by atoms with van der Waals surface area (Å²) in [6.45, 7) is 2.51. The first-order chi connectivity index (χ1) is 5.38. The molecule has 1 aliphatic carbocycles. The standard InChI is InChI=1S/C9H12N2/c10-3-8-7-1-6-2-9(8)11(4-6)5-7/h6-9H,1-2,4-5H2. The van der Waals surface area contributed by atoms with Crippen LogP contribution in [0, 0.1) is 29.1 Å². The van der Waals surface area contributed by atoms with E-state index < -0.39 is 0 Å². The lowest BCUT2D eigenvalue weighted by molar-refractivity contribution is 0.252. The second-order valence-electron chi connectivity index (χ2n) is 4.27. The minimum absolute atomic E-state index is 0.383. The van der Waals surface area contributed by atoms with Gasteiger partial charge in [0.15, 0.2) is 0 Å². The lowest BCUT2D eigenvalue weighted by Crippen LogP contribution is -2.27. The summed E-state index contributed by atoms with van der Waals surface area (Å²) in [6, 6.07) is 3.14. The molecule has 0 aromatic heterocycles. The Morgan fingerprint density at radius 2 is 2.18 bits per heavy atom. The Hall–Kier alpha value is -0.550. The van der Waals surface area contributed by atoms with E-state index in [1.807, 2.05) is 0 Å². The first kappa shape index (κ1) is 6.02. The van der Waals surface area contributed by atoms with Crippen molar-refractivity contribution in [3.8, 4) is 6.07 Å². The van der Waals surface area contributed by atoms with Crippen LogP contribution in [-0.2, 0) is 0 Å². The molecule has 1 saturated carbocycles. The SMILES string of the molecule is N#CC1C2CC3CC1N(C3)C2. The van der Waals surface area contributed by atoms with Crippen LogP contribution in [0.2, 0.25) is 0 Å². The van der Waals surface area contributed by atoms with E-state index in [0.29, 0.717) is 12.0 Å². The van der Waals surface area contributed by atoms with Gasteiger partial charge in [-0.2, -0.15) is 5.26 Å². The molecular formula is C9H12N2. The maximum atomic E-state index is 8.93. The Bertz CT molecular complexity index is 226. The summed E-state index contributed by atoms with van der Waals surface area (Å²) in [5, 5.41) is 8.93. The highest BCUT2D eigenvalue weighted by Gasteiger charge is 2.52. The molecule has 0 spiro atoms. The zero-order chi connectivity index (χ0) is 7.42. The molecule has 0 aromatic carbocycles. The Labute approximate surface area is 66.8 Å². The number of rotatable bonds is 0. The van der Waals surface area contributed by atoms with Crippen LogP contribution in [0.4, 0.5) is 0 Å². The normalized spacial score (nSPS) is 58.3. The Morgan fingerprint density at radius 1 is 1.27 bits per heavy atom. The predicted molar refractivity (Wildman–Crippen MR) is 40.7 cm³/mol. The van der Waals surface area contributed by atoms with Gasteiger partial charge in [-0.1, -0.05) is 0 Å². The molecule has 4 aliphatic rings. The summed E-state index contributed by atoms with van der Waals surface area (Å²) < 4.78 is 0. The molecule has 3 heterocycles. The lowest BCUT2D eigenvalue weighted by atomic mass is 9.76. The fourth-order valence-electron chi connectivity index (χ4n) is 3.36. The number of hydrogen-bond acceptors (Lipinski definition) is 2. The molecule has 0 amide bonds. The van der Waals surface area contributed by atoms with E-state index in [2.05, 4.69) is 11.0 Å². The van der Waals surface area contributed by atoms with Gasteiger partial charge >= 0.3 is 0 Å². The van der Waals surface area contributed by atoms with Crippen molar-refractivity contribution in [3.63, 3.8) is 0 Å². The zero-order valence-corrected chi connectivity index (χ0v) is 6.53. The van der Waals surface area contributed by atoms with Gasteiger partial charge < -0.3 is 0 Å². The van der Waals surface area contributed by atoms with E-state index in [1.54, 1.807) is 0 Å². The van der Waals surface area contributed by atoms with Crippen LogP contribution in [0.1, 0.15) is 12.8 Å². The molecule has 0 N–H and O–H groups in total. The summed E-state index contributed by atoms with van der Waals surface area (Å²) >= 11 is 0. The predicted octanol–water partition coefficient (Wildman–Crippen LogP) is 0.850. The van der Waals surface area contributed by atoms with Gasteiger partial charge in [0, 0.05) is 19.1 Å². The highest BCUT2D eigenvalue weighted by atomic mass is 15.2. The number of nitriles is 1. The van der Waals surface area contributed by atoms with Crippen molar-refractivity contribution in [3.05, 3.63) is 0 Å². The van der Waals surface area contributed by atoms with Crippen molar-refractivity contribution in [2.24, 2.45) is 17.8 Å². The van der Waals surface area contributed by atoms with Crippen LogP contribution in [0.5, 0.6) is 0 Å². The van der Waals surface area contributed by atoms with Gasteiger partial charge in [0.25, 0.3) is 0 Å². The van der Waals surface area contributed by atoms with Gasteiger partial charge in [-0.15, -0.1) is 0 Å². The molecule has 2 heteroatoms. The van der Waals surface area contributed by atoms with Gasteiger partial charge in [-0.05, 0) is 24.7 Å². The largest absolute Gasteiger partial charge is 0.298 e. The van der Waals surface area contributed by atoms with Crippen molar-refractivity contribution in [1.82, 2.24) is 4.90 Å². The molecule has 4 fully saturated rings. The van der Waals surface area contributed by atoms with Gasteiger partial charge in [-0.3, -0.25) is 4.90 Å². The van der Waals surface area contributed by atoms with Crippen LogP contribution >= 0.6 is 0 Å². The smallest absolute Gasteiger partial charge is 0.0675 e. The van der Waals surface area contributed by atoms with E-state index >= 15 is 0 Å². The molecule has 0 radical (unpaired) electrons. The van der Waals surface area contributed by atoms with E-state index in [9.17, 15) is 0 Å². The third-order valence-electron chi connectivity index (χ3n) is 3.71. The first-order valence-electron chi connectivity index (χ1n) is 4.52. The molecule has 5 atom stereocenters. The molecular weight excluding hydrogens is 136 g/mol. The second-order valence-corrected chi connectivity index (χ2v) is 4.27. The highest BCUT2D eigenvalue weighted by Crippen LogP contribution is 2.48. The number of nitrogens with zero attached hydrogens (tertiary/aromatic N) is 2. The highest BCUT2D eigenvalue weighted by molar-refractivity contribution is 5.11. The number of hydrogen-bond donors (Lipinski definition) is 0. The fourth-order valence-corrected chi connectivity index (χ4v) is 3.36. The quantitative estimate of drug-likeness (QED) is 0.509. The zero-order valence-electron chi connectivity index (χ0n) is 6.53. The van der Waals surface area contributed by atoms with Crippen molar-refractivity contribution in [1.29, 1.82) is 5.26 Å². The molecule has 4 rings (SSSR count). The van der Waals surface area contributed by atoms with Crippen molar-refractivity contribution in [2.45, 2.75) is 18.9 Å². The molecule has 3 saturated heterocycles. The average Bonchev–Trinajstić information content (AvgIpc) is 2.40. The number of piperidine rings is 1. The van der Waals surface area contributed by atoms with E-state index in [1.165, 1.54) is 25.9 Å². The van der Waals surface area contributed by atoms with E-state index in [-0.39, 0.29) is 0 Å². The molecule has 2 nitrogen and oxygen atoms in total. The summed E-state index contributed by atoms with van der Waals surface area (Å²) in [4.78, 5) is 2.53. The summed E-state index contributed by atoms with van der Waals surface area (Å²) in [5.74, 6) is 2.06. The maximum absolute atomic E-state index is 8.93. The molecule has 3 aliphatic heterocycles. The topological polar surface area (TPSA) is 27.0 Å². The summed E-state index contributed by atoms with van der Waals surface area (Å²) in [6.07, 6.45) is 2.65. The molecule has 0 aromatic rings. The molecule has 58 valence electrons. The molecule has 11 heavy (non-hydrogen) atoms. The minimum atomic E-state index is 0.383. The van der Waals surface area contributed by atoms with Crippen molar-refractivity contribution >= 4 is 0 Å². The molecule has 4 bridgehead atoms. The molecule has 5 unspecified atom stereocenters. The van der Waals surface area contributed by atoms with E-state index in [4.69, 9.17) is 5.26 Å². The third-order valence-corrected chi connectivity index (χ3v) is 3.71. The Kier molecular flexibility index (Phi) is 0.976. The second kappa shape index (κ2) is 1.78. The lowest BCUT2D eigenvalue weighted by Gasteiger charge is -2.26. The van der Waals surface area contributed by atoms with Gasteiger partial charge in [0.1, 0.15) is 0 Å². The van der Waals surface area contributed by atoms with Crippen LogP contribution in [0.3, 0.4) is 0 Å². The Balaban J connectivity index is 1.98. The van der Waals surface area contributed by atoms with Crippen LogP contribution in [-0.4, -0.2) is 24.0 Å². The van der Waals surface area contributed by atoms with Gasteiger partial charge in [0.05, 0.1) is 12.0 Å². The summed E-state index contributed by atoms with van der Waals surface area (Å²) in [5.41, 5.74) is 0. The van der Waals surface area contributed by atoms with E-state index in [0.717, 1.165) is 11.8 Å². The third kappa shape index (κ3) is 0.605. The van der Waals surface area contributed by atoms with Gasteiger partial charge in [-0.25, -0.2) is 0 Å². The van der Waals surface area contributed by atoms with Crippen LogP contribution in [0.15, 0.2) is 0 Å². The average molecular weight is 148 g/mol. The fraction of sp³-hybridized carbons (Fsp3) is 0.889. The van der Waals surface area contributed by atoms with Crippen molar-refractivity contribution < 1.29 is 0 Å². The monoisotopic (exact) mass is 148 g/mol. The minimum Gasteiger partial charge on any atom is -0.298 e. The van der Waals surface area contributed by atoms with Crippen molar-refractivity contribution in [2.75, 3.05) is 13.1 Å². The first-order valence-corrected chi connectivity index (χ1v) is 4.52. The Morgan fingerprint density at radius 3 is 2.91 bits per heavy atom. The maximum Gasteiger partial charge on any atom is 0.0675 e. The van der Waals surface area contributed by atoms with Crippen LogP contribution in [0.25, 0.3) is 0 Å². The summed E-state index contributed by atoms with van der Waals surface area (Å²) in [7, 11) is 0. The van der Waals surface area contributed by atoms with Gasteiger partial charge in [0.2, 0.25) is 0 Å².